The molecule has 1 aromatic rings. The molecule has 1 aliphatic carbocycles. The Kier molecular flexibility index (Phi) is 3.78. The van der Waals surface area contributed by atoms with Gasteiger partial charge in [0.15, 0.2) is 0 Å². The number of aromatic nitrogens is 2. The average molecular weight is 219 g/mol. The topological polar surface area (TPSA) is 29.9 Å². The van der Waals surface area contributed by atoms with Gasteiger partial charge in [0.1, 0.15) is 5.82 Å². The first-order valence-corrected chi connectivity index (χ1v) is 6.11. The minimum Gasteiger partial charge on any atom is -0.337 e. The molecule has 0 amide bonds. The lowest BCUT2D eigenvalue weighted by Gasteiger charge is -2.17. The van der Waals surface area contributed by atoms with Crippen LogP contribution in [0.2, 0.25) is 0 Å². The van der Waals surface area contributed by atoms with E-state index in [4.69, 9.17) is 0 Å². The first-order chi connectivity index (χ1) is 7.81. The van der Waals surface area contributed by atoms with E-state index in [-0.39, 0.29) is 0 Å². The first-order valence-electron chi connectivity index (χ1n) is 6.11. The molecule has 1 saturated carbocycles. The van der Waals surface area contributed by atoms with Gasteiger partial charge in [-0.2, -0.15) is 0 Å². The summed E-state index contributed by atoms with van der Waals surface area (Å²) in [7, 11) is 2.04. The Labute approximate surface area is 97.6 Å². The minimum atomic E-state index is 0.648. The Morgan fingerprint density at radius 3 is 3.06 bits per heavy atom. The molecular formula is C13H21N3. The normalized spacial score (nSPS) is 17.3. The molecule has 0 radical (unpaired) electrons. The maximum absolute atomic E-state index is 4.33. The zero-order valence-electron chi connectivity index (χ0n) is 10.0. The van der Waals surface area contributed by atoms with Gasteiger partial charge in [0, 0.05) is 25.5 Å². The molecule has 0 aromatic carbocycles. The molecule has 1 N–H and O–H groups in total. The second-order valence-corrected chi connectivity index (χ2v) is 4.65. The van der Waals surface area contributed by atoms with Crippen LogP contribution in [-0.2, 0) is 13.6 Å². The molecule has 3 nitrogen and oxygen atoms in total. The van der Waals surface area contributed by atoms with E-state index in [9.17, 15) is 0 Å². The van der Waals surface area contributed by atoms with Crippen molar-refractivity contribution in [2.24, 2.45) is 13.0 Å². The highest BCUT2D eigenvalue weighted by Gasteiger charge is 2.30. The molecule has 0 spiro atoms. The molecule has 88 valence electrons. The molecule has 0 saturated heterocycles. The summed E-state index contributed by atoms with van der Waals surface area (Å²) in [4.78, 5) is 4.33. The Balaban J connectivity index is 1.81. The minimum absolute atomic E-state index is 0.648. The van der Waals surface area contributed by atoms with E-state index < -0.39 is 0 Å². The smallest absolute Gasteiger partial charge is 0.122 e. The van der Waals surface area contributed by atoms with Crippen molar-refractivity contribution in [2.45, 2.75) is 38.3 Å². The summed E-state index contributed by atoms with van der Waals surface area (Å²) >= 11 is 0. The highest BCUT2D eigenvalue weighted by molar-refractivity contribution is 4.93. The SMILES string of the molecule is C=CCCC(NCc1nccn1C)C1CC1. The Hall–Kier alpha value is -1.09. The number of hydrogen-bond acceptors (Lipinski definition) is 2. The Bertz CT molecular complexity index is 339. The summed E-state index contributed by atoms with van der Waals surface area (Å²) in [5.74, 6) is 2.00. The van der Waals surface area contributed by atoms with Crippen LogP contribution in [0.3, 0.4) is 0 Å². The fraction of sp³-hybridized carbons (Fsp3) is 0.615. The van der Waals surface area contributed by atoms with E-state index in [2.05, 4.69) is 21.4 Å². The summed E-state index contributed by atoms with van der Waals surface area (Å²) in [6, 6.07) is 0.648. The summed E-state index contributed by atoms with van der Waals surface area (Å²) in [5.41, 5.74) is 0. The van der Waals surface area contributed by atoms with Gasteiger partial charge in [0.05, 0.1) is 6.54 Å². The lowest BCUT2D eigenvalue weighted by atomic mass is 10.1. The molecule has 0 bridgehead atoms. The lowest BCUT2D eigenvalue weighted by Crippen LogP contribution is -2.31. The molecule has 3 heteroatoms. The number of hydrogen-bond donors (Lipinski definition) is 1. The van der Waals surface area contributed by atoms with Crippen molar-refractivity contribution in [1.29, 1.82) is 0 Å². The summed E-state index contributed by atoms with van der Waals surface area (Å²) < 4.78 is 2.07. The van der Waals surface area contributed by atoms with Crippen LogP contribution in [-0.4, -0.2) is 15.6 Å². The van der Waals surface area contributed by atoms with Crippen LogP contribution in [0.5, 0.6) is 0 Å². The van der Waals surface area contributed by atoms with Gasteiger partial charge < -0.3 is 9.88 Å². The fourth-order valence-electron chi connectivity index (χ4n) is 2.09. The van der Waals surface area contributed by atoms with Crippen LogP contribution in [0, 0.1) is 5.92 Å². The lowest BCUT2D eigenvalue weighted by molar-refractivity contribution is 0.428. The van der Waals surface area contributed by atoms with Crippen LogP contribution in [0.1, 0.15) is 31.5 Å². The maximum atomic E-state index is 4.33. The third-order valence-corrected chi connectivity index (χ3v) is 3.32. The van der Waals surface area contributed by atoms with Crippen molar-refractivity contribution in [1.82, 2.24) is 14.9 Å². The van der Waals surface area contributed by atoms with Gasteiger partial charge in [-0.25, -0.2) is 4.98 Å². The van der Waals surface area contributed by atoms with Gasteiger partial charge in [-0.15, -0.1) is 6.58 Å². The predicted octanol–water partition coefficient (Wildman–Crippen LogP) is 2.25. The third kappa shape index (κ3) is 2.95. The van der Waals surface area contributed by atoms with Crippen molar-refractivity contribution in [2.75, 3.05) is 0 Å². The van der Waals surface area contributed by atoms with Gasteiger partial charge in [-0.05, 0) is 31.6 Å². The third-order valence-electron chi connectivity index (χ3n) is 3.32. The van der Waals surface area contributed by atoms with Gasteiger partial charge in [-0.1, -0.05) is 6.08 Å². The van der Waals surface area contributed by atoms with E-state index in [0.717, 1.165) is 24.7 Å². The second kappa shape index (κ2) is 5.30. The number of rotatable bonds is 7. The van der Waals surface area contributed by atoms with Crippen LogP contribution in [0.25, 0.3) is 0 Å². The number of aryl methyl sites for hydroxylation is 1. The number of nitrogens with one attached hydrogen (secondary N) is 1. The highest BCUT2D eigenvalue weighted by atomic mass is 15.1. The molecule has 1 aromatic heterocycles. The van der Waals surface area contributed by atoms with Crippen LogP contribution >= 0.6 is 0 Å². The number of allylic oxidation sites excluding steroid dienone is 1. The van der Waals surface area contributed by atoms with E-state index in [1.807, 2.05) is 25.5 Å². The van der Waals surface area contributed by atoms with E-state index >= 15 is 0 Å². The predicted molar refractivity (Wildman–Crippen MR) is 66.0 cm³/mol. The zero-order valence-corrected chi connectivity index (χ0v) is 10.0. The monoisotopic (exact) mass is 219 g/mol. The van der Waals surface area contributed by atoms with Gasteiger partial charge in [0.25, 0.3) is 0 Å². The van der Waals surface area contributed by atoms with Crippen LogP contribution in [0.4, 0.5) is 0 Å². The van der Waals surface area contributed by atoms with E-state index in [1.54, 1.807) is 0 Å². The van der Waals surface area contributed by atoms with Crippen molar-refractivity contribution in [3.8, 4) is 0 Å². The number of imidazole rings is 1. The first kappa shape index (κ1) is 11.4. The maximum Gasteiger partial charge on any atom is 0.122 e. The largest absolute Gasteiger partial charge is 0.337 e. The summed E-state index contributed by atoms with van der Waals surface area (Å²) in [6.45, 7) is 4.67. The molecule has 16 heavy (non-hydrogen) atoms. The number of nitrogens with zero attached hydrogens (tertiary/aromatic N) is 2. The van der Waals surface area contributed by atoms with Crippen LogP contribution < -0.4 is 5.32 Å². The molecule has 1 unspecified atom stereocenters. The summed E-state index contributed by atoms with van der Waals surface area (Å²) in [6.07, 6.45) is 10.9. The molecule has 0 aliphatic heterocycles. The van der Waals surface area contributed by atoms with Crippen LogP contribution in [0.15, 0.2) is 25.0 Å². The zero-order chi connectivity index (χ0) is 11.4. The molecule has 1 heterocycles. The Morgan fingerprint density at radius 2 is 2.50 bits per heavy atom. The van der Waals surface area contributed by atoms with Gasteiger partial charge in [-0.3, -0.25) is 0 Å². The van der Waals surface area contributed by atoms with Gasteiger partial charge >= 0.3 is 0 Å². The fourth-order valence-corrected chi connectivity index (χ4v) is 2.09. The van der Waals surface area contributed by atoms with Gasteiger partial charge in [0.2, 0.25) is 0 Å². The van der Waals surface area contributed by atoms with Crippen molar-refractivity contribution < 1.29 is 0 Å². The molecule has 1 fully saturated rings. The van der Waals surface area contributed by atoms with Crippen molar-refractivity contribution in [3.05, 3.63) is 30.9 Å². The Morgan fingerprint density at radius 1 is 1.69 bits per heavy atom. The molecular weight excluding hydrogens is 198 g/mol. The molecule has 1 aliphatic rings. The van der Waals surface area contributed by atoms with E-state index in [0.29, 0.717) is 6.04 Å². The average Bonchev–Trinajstić information content (AvgIpc) is 3.04. The molecule has 1 atom stereocenters. The van der Waals surface area contributed by atoms with E-state index in [1.165, 1.54) is 19.3 Å². The second-order valence-electron chi connectivity index (χ2n) is 4.65. The van der Waals surface area contributed by atoms with Crippen molar-refractivity contribution >= 4 is 0 Å². The molecule has 2 rings (SSSR count). The van der Waals surface area contributed by atoms with Crippen molar-refractivity contribution in [3.63, 3.8) is 0 Å². The quantitative estimate of drug-likeness (QED) is 0.713. The summed E-state index contributed by atoms with van der Waals surface area (Å²) in [5, 5.41) is 3.63. The highest BCUT2D eigenvalue weighted by Crippen LogP contribution is 2.34. The standard InChI is InChI=1S/C13H21N3/c1-3-4-5-12(11-6-7-11)15-10-13-14-8-9-16(13)2/h3,8-9,11-12,15H,1,4-7,10H2,2H3.